The van der Waals surface area contributed by atoms with Crippen molar-refractivity contribution in [1.82, 2.24) is 4.72 Å². The van der Waals surface area contributed by atoms with Gasteiger partial charge in [0.25, 0.3) is 0 Å². The molecule has 0 unspecified atom stereocenters. The van der Waals surface area contributed by atoms with Crippen LogP contribution in [0.4, 0.5) is 0 Å². The molecular formula is C24H45NO3SSi. The molecule has 6 heteroatoms. The van der Waals surface area contributed by atoms with Gasteiger partial charge in [0.15, 0.2) is 0 Å². The Kier molecular flexibility index (Phi) is 13.4. The number of sulfonamides is 1. The first-order chi connectivity index (χ1) is 14.4. The lowest BCUT2D eigenvalue weighted by atomic mass is 10.1. The van der Waals surface area contributed by atoms with Crippen LogP contribution in [0, 0.1) is 0 Å². The average Bonchev–Trinajstić information content (AvgIpc) is 3.20. The van der Waals surface area contributed by atoms with E-state index in [4.69, 9.17) is 4.42 Å². The molecular weight excluding hydrogens is 410 g/mol. The van der Waals surface area contributed by atoms with Crippen molar-refractivity contribution in [2.75, 3.05) is 5.75 Å². The Morgan fingerprint density at radius 2 is 1.40 bits per heavy atom. The molecule has 1 aromatic rings. The van der Waals surface area contributed by atoms with E-state index >= 15 is 0 Å². The Morgan fingerprint density at radius 1 is 0.867 bits per heavy atom. The summed E-state index contributed by atoms with van der Waals surface area (Å²) in [7, 11) is -4.78. The molecule has 0 saturated carbocycles. The molecule has 1 heterocycles. The van der Waals surface area contributed by atoms with E-state index in [-0.39, 0.29) is 5.75 Å². The molecule has 1 N–H and O–H groups in total. The van der Waals surface area contributed by atoms with Crippen molar-refractivity contribution in [2.24, 2.45) is 0 Å². The van der Waals surface area contributed by atoms with Gasteiger partial charge in [-0.25, -0.2) is 8.42 Å². The van der Waals surface area contributed by atoms with Gasteiger partial charge in [-0.2, -0.15) is 0 Å². The topological polar surface area (TPSA) is 59.3 Å². The summed E-state index contributed by atoms with van der Waals surface area (Å²) in [5, 5.41) is 1.13. The summed E-state index contributed by atoms with van der Waals surface area (Å²) < 4.78 is 32.8. The van der Waals surface area contributed by atoms with Crippen molar-refractivity contribution < 1.29 is 12.8 Å². The van der Waals surface area contributed by atoms with Crippen LogP contribution >= 0.6 is 0 Å². The molecule has 1 aromatic heterocycles. The number of nitrogens with one attached hydrogen (secondary N) is 1. The molecule has 0 aliphatic carbocycles. The fraction of sp³-hybridized carbons (Fsp3) is 0.750. The van der Waals surface area contributed by atoms with Gasteiger partial charge < -0.3 is 4.42 Å². The number of hydrogen-bond acceptors (Lipinski definition) is 3. The lowest BCUT2D eigenvalue weighted by molar-refractivity contribution is 0.557. The predicted octanol–water partition coefficient (Wildman–Crippen LogP) is 6.81. The van der Waals surface area contributed by atoms with Gasteiger partial charge in [0, 0.05) is 11.8 Å². The Morgan fingerprint density at radius 3 is 1.93 bits per heavy atom. The maximum Gasteiger partial charge on any atom is 0.232 e. The Labute approximate surface area is 187 Å². The van der Waals surface area contributed by atoms with E-state index in [1.807, 2.05) is 0 Å². The normalized spacial score (nSPS) is 12.7. The second kappa shape index (κ2) is 14.9. The van der Waals surface area contributed by atoms with E-state index in [9.17, 15) is 8.42 Å². The van der Waals surface area contributed by atoms with Crippen LogP contribution in [0.2, 0.25) is 18.1 Å². The van der Waals surface area contributed by atoms with Crippen LogP contribution in [0.25, 0.3) is 6.08 Å². The zero-order valence-electron chi connectivity index (χ0n) is 19.8. The first-order valence-corrected chi connectivity index (χ1v) is 16.5. The fourth-order valence-electron chi connectivity index (χ4n) is 4.06. The van der Waals surface area contributed by atoms with Crippen molar-refractivity contribution in [3.63, 3.8) is 0 Å². The third-order valence-electron chi connectivity index (χ3n) is 6.46. The summed E-state index contributed by atoms with van der Waals surface area (Å²) in [4.78, 5) is 0. The zero-order valence-corrected chi connectivity index (χ0v) is 21.7. The molecule has 0 amide bonds. The maximum absolute atomic E-state index is 12.2. The standard InChI is InChI=1S/C24H45NO3SSi/c1-5-9-10-11-12-13-14-15-16-17-20-29(26,27)25-19-18-23-21-24(28-22-23)30(6-2,7-3)8-4/h18-19,21-22,25H,5-17,20H2,1-4H3. The Balaban J connectivity index is 2.29. The zero-order chi connectivity index (χ0) is 22.3. The highest BCUT2D eigenvalue weighted by molar-refractivity contribution is 7.89. The van der Waals surface area contributed by atoms with E-state index in [1.165, 1.54) is 69.3 Å². The van der Waals surface area contributed by atoms with Crippen LogP contribution in [-0.2, 0) is 10.0 Å². The molecule has 0 aromatic carbocycles. The highest BCUT2D eigenvalue weighted by atomic mass is 32.2. The smallest absolute Gasteiger partial charge is 0.232 e. The highest BCUT2D eigenvalue weighted by Crippen LogP contribution is 2.21. The molecule has 0 fully saturated rings. The van der Waals surface area contributed by atoms with Gasteiger partial charge in [0.05, 0.1) is 17.4 Å². The fourth-order valence-corrected chi connectivity index (χ4v) is 8.37. The molecule has 0 aliphatic rings. The molecule has 174 valence electrons. The number of rotatable bonds is 18. The third kappa shape index (κ3) is 9.86. The summed E-state index contributed by atoms with van der Waals surface area (Å²) >= 11 is 0. The van der Waals surface area contributed by atoms with Crippen LogP contribution in [0.5, 0.6) is 0 Å². The highest BCUT2D eigenvalue weighted by Gasteiger charge is 2.32. The molecule has 0 atom stereocenters. The van der Waals surface area contributed by atoms with E-state index in [1.54, 1.807) is 12.3 Å². The van der Waals surface area contributed by atoms with Crippen molar-refractivity contribution in [2.45, 2.75) is 110 Å². The van der Waals surface area contributed by atoms with Crippen molar-refractivity contribution in [3.8, 4) is 0 Å². The second-order valence-corrected chi connectivity index (χ2v) is 15.6. The lowest BCUT2D eigenvalue weighted by Gasteiger charge is -2.24. The van der Waals surface area contributed by atoms with Crippen LogP contribution in [0.3, 0.4) is 0 Å². The molecule has 4 nitrogen and oxygen atoms in total. The molecule has 0 spiro atoms. The SMILES string of the molecule is CCCCCCCCCCCCS(=O)(=O)NC=Cc1coc([Si](CC)(CC)CC)c1. The first kappa shape index (κ1) is 27.0. The Hall–Kier alpha value is -1.01. The predicted molar refractivity (Wildman–Crippen MR) is 133 cm³/mol. The Bertz CT molecular complexity index is 685. The maximum atomic E-state index is 12.2. The minimum Gasteiger partial charge on any atom is -0.474 e. The first-order valence-electron chi connectivity index (χ1n) is 12.2. The van der Waals surface area contributed by atoms with Gasteiger partial charge in [-0.05, 0) is 18.6 Å². The second-order valence-electron chi connectivity index (χ2n) is 8.54. The summed E-state index contributed by atoms with van der Waals surface area (Å²) in [5.41, 5.74) is 0.930. The summed E-state index contributed by atoms with van der Waals surface area (Å²) in [5.74, 6) is 0.196. The number of unbranched alkanes of at least 4 members (excludes halogenated alkanes) is 9. The lowest BCUT2D eigenvalue weighted by Crippen LogP contribution is -2.44. The molecule has 0 bridgehead atoms. The van der Waals surface area contributed by atoms with E-state index in [2.05, 4.69) is 38.5 Å². The van der Waals surface area contributed by atoms with Crippen LogP contribution < -0.4 is 10.1 Å². The van der Waals surface area contributed by atoms with Gasteiger partial charge in [-0.1, -0.05) is 104 Å². The molecule has 0 radical (unpaired) electrons. The van der Waals surface area contributed by atoms with Gasteiger partial charge in [0.1, 0.15) is 8.07 Å². The molecule has 0 saturated heterocycles. The van der Waals surface area contributed by atoms with Crippen LogP contribution in [-0.4, -0.2) is 22.2 Å². The molecule has 1 rings (SSSR count). The number of hydrogen-bond donors (Lipinski definition) is 1. The van der Waals surface area contributed by atoms with Gasteiger partial charge in [0.2, 0.25) is 10.0 Å². The minimum atomic E-state index is -3.25. The third-order valence-corrected chi connectivity index (χ3v) is 13.2. The molecule has 0 aliphatic heterocycles. The molecule has 30 heavy (non-hydrogen) atoms. The summed E-state index contributed by atoms with van der Waals surface area (Å²) in [6.45, 7) is 8.99. The van der Waals surface area contributed by atoms with Crippen LogP contribution in [0.1, 0.15) is 97.5 Å². The van der Waals surface area contributed by atoms with Crippen LogP contribution in [0.15, 0.2) is 22.9 Å². The van der Waals surface area contributed by atoms with Crippen molar-refractivity contribution >= 4 is 29.6 Å². The van der Waals surface area contributed by atoms with Crippen molar-refractivity contribution in [1.29, 1.82) is 0 Å². The van der Waals surface area contributed by atoms with Gasteiger partial charge in [-0.15, -0.1) is 0 Å². The van der Waals surface area contributed by atoms with E-state index in [0.29, 0.717) is 0 Å². The van der Waals surface area contributed by atoms with Gasteiger partial charge >= 0.3 is 0 Å². The largest absolute Gasteiger partial charge is 0.474 e. The van der Waals surface area contributed by atoms with E-state index < -0.39 is 18.1 Å². The quantitative estimate of drug-likeness (QED) is 0.195. The monoisotopic (exact) mass is 455 g/mol. The summed E-state index contributed by atoms with van der Waals surface area (Å²) in [6.07, 6.45) is 17.1. The van der Waals surface area contributed by atoms with Crippen molar-refractivity contribution in [3.05, 3.63) is 24.1 Å². The number of furan rings is 1. The summed E-state index contributed by atoms with van der Waals surface area (Å²) in [6, 6.07) is 5.60. The van der Waals surface area contributed by atoms with E-state index in [0.717, 1.165) is 30.2 Å². The average molecular weight is 456 g/mol. The minimum absolute atomic E-state index is 0.196. The van der Waals surface area contributed by atoms with Gasteiger partial charge in [-0.3, -0.25) is 4.72 Å².